The van der Waals surface area contributed by atoms with E-state index in [1.165, 1.54) is 16.9 Å². The van der Waals surface area contributed by atoms with E-state index in [-0.39, 0.29) is 11.1 Å². The zero-order valence-electron chi connectivity index (χ0n) is 16.8. The number of fused-ring (bicyclic) bond motifs is 1. The van der Waals surface area contributed by atoms with Crippen molar-refractivity contribution in [2.24, 2.45) is 0 Å². The van der Waals surface area contributed by atoms with Crippen LogP contribution in [-0.4, -0.2) is 19.3 Å². The number of pyridine rings is 1. The molecule has 0 aliphatic carbocycles. The number of aromatic nitrogens is 4. The number of rotatable bonds is 2. The van der Waals surface area contributed by atoms with Gasteiger partial charge in [0.2, 0.25) is 5.56 Å². The van der Waals surface area contributed by atoms with Gasteiger partial charge >= 0.3 is 0 Å². The van der Waals surface area contributed by atoms with Gasteiger partial charge in [-0.05, 0) is 44.5 Å². The molecule has 3 aromatic heterocycles. The van der Waals surface area contributed by atoms with Crippen LogP contribution in [0.25, 0.3) is 22.1 Å². The van der Waals surface area contributed by atoms with Gasteiger partial charge < -0.3 is 9.55 Å². The molecule has 0 spiro atoms. The quantitative estimate of drug-likeness (QED) is 0.578. The average Bonchev–Trinajstić information content (AvgIpc) is 2.95. The maximum atomic E-state index is 13.1. The number of H-pyrrole nitrogens is 1. The van der Waals surface area contributed by atoms with E-state index in [1.54, 1.807) is 12.3 Å². The highest BCUT2D eigenvalue weighted by atomic mass is 16.1. The first-order chi connectivity index (χ1) is 13.5. The summed E-state index contributed by atoms with van der Waals surface area (Å²) in [6.45, 7) is 9.97. The van der Waals surface area contributed by atoms with Gasteiger partial charge in [-0.1, -0.05) is 26.0 Å². The first-order valence-electron chi connectivity index (χ1n) is 9.33. The maximum absolute atomic E-state index is 13.1. The Kier molecular flexibility index (Phi) is 5.31. The van der Waals surface area contributed by atoms with E-state index in [0.29, 0.717) is 11.1 Å². The minimum atomic E-state index is -0.222. The molecule has 4 rings (SSSR count). The van der Waals surface area contributed by atoms with Crippen LogP contribution >= 0.6 is 0 Å². The maximum Gasteiger partial charge on any atom is 0.281 e. The third-order valence-electron chi connectivity index (χ3n) is 4.67. The second-order valence-corrected chi connectivity index (χ2v) is 6.41. The lowest BCUT2D eigenvalue weighted by Gasteiger charge is -2.09. The van der Waals surface area contributed by atoms with Gasteiger partial charge in [0, 0.05) is 34.7 Å². The molecule has 0 amide bonds. The summed E-state index contributed by atoms with van der Waals surface area (Å²) in [5.74, 6) is 0. The lowest BCUT2D eigenvalue weighted by atomic mass is 10.2. The number of hydrogen-bond donors (Lipinski definition) is 1. The standard InChI is InChI=1S/C20H18N4O2.C2H6/c1-12-5-4-6-15(9-12)23-13(2)17-11-22-24(20(26)19(17)14(23)3)16-7-8-18(25)21-10-16;1-2/h4-11H,1-3H3,(H,21,25);1-2H3. The van der Waals surface area contributed by atoms with Crippen molar-refractivity contribution < 1.29 is 0 Å². The normalized spacial score (nSPS) is 10.6. The van der Waals surface area contributed by atoms with Crippen molar-refractivity contribution in [3.8, 4) is 11.4 Å². The predicted molar refractivity (Wildman–Crippen MR) is 113 cm³/mol. The van der Waals surface area contributed by atoms with Crippen molar-refractivity contribution >= 4 is 10.8 Å². The fourth-order valence-corrected chi connectivity index (χ4v) is 3.43. The molecule has 0 saturated carbocycles. The van der Waals surface area contributed by atoms with Gasteiger partial charge in [0.05, 0.1) is 17.3 Å². The summed E-state index contributed by atoms with van der Waals surface area (Å²) in [5.41, 5.74) is 4.11. The predicted octanol–water partition coefficient (Wildman–Crippen LogP) is 3.82. The van der Waals surface area contributed by atoms with Crippen LogP contribution in [0.1, 0.15) is 30.8 Å². The van der Waals surface area contributed by atoms with Crippen LogP contribution in [0, 0.1) is 20.8 Å². The van der Waals surface area contributed by atoms with Crippen molar-refractivity contribution in [1.29, 1.82) is 0 Å². The first kappa shape index (κ1) is 19.4. The summed E-state index contributed by atoms with van der Waals surface area (Å²) < 4.78 is 3.39. The van der Waals surface area contributed by atoms with Gasteiger partial charge in [0.15, 0.2) is 0 Å². The van der Waals surface area contributed by atoms with Crippen LogP contribution < -0.4 is 11.1 Å². The number of hydrogen-bond acceptors (Lipinski definition) is 3. The number of benzene rings is 1. The summed E-state index contributed by atoms with van der Waals surface area (Å²) in [6.07, 6.45) is 3.19. The Labute approximate surface area is 163 Å². The molecule has 0 radical (unpaired) electrons. The van der Waals surface area contributed by atoms with Gasteiger partial charge in [0.1, 0.15) is 0 Å². The summed E-state index contributed by atoms with van der Waals surface area (Å²) in [5, 5.41) is 5.76. The summed E-state index contributed by atoms with van der Waals surface area (Å²) in [7, 11) is 0. The summed E-state index contributed by atoms with van der Waals surface area (Å²) in [6, 6.07) is 11.1. The zero-order chi connectivity index (χ0) is 20.4. The van der Waals surface area contributed by atoms with Gasteiger partial charge in [-0.3, -0.25) is 9.59 Å². The van der Waals surface area contributed by atoms with Gasteiger partial charge in [-0.25, -0.2) is 0 Å². The van der Waals surface area contributed by atoms with Crippen LogP contribution in [0.5, 0.6) is 0 Å². The van der Waals surface area contributed by atoms with Gasteiger partial charge in [-0.2, -0.15) is 9.78 Å². The molecule has 1 aromatic carbocycles. The van der Waals surface area contributed by atoms with Crippen LogP contribution in [0.4, 0.5) is 0 Å². The SMILES string of the molecule is CC.Cc1cccc(-n2c(C)c3cnn(-c4ccc(=O)[nH]c4)c(=O)c3c2C)c1. The van der Waals surface area contributed by atoms with Crippen molar-refractivity contribution in [2.45, 2.75) is 34.6 Å². The first-order valence-corrected chi connectivity index (χ1v) is 9.33. The molecule has 144 valence electrons. The fourth-order valence-electron chi connectivity index (χ4n) is 3.43. The molecule has 0 aliphatic rings. The van der Waals surface area contributed by atoms with E-state index >= 15 is 0 Å². The second kappa shape index (κ2) is 7.68. The van der Waals surface area contributed by atoms with E-state index in [4.69, 9.17) is 0 Å². The Bertz CT molecular complexity index is 1240. The monoisotopic (exact) mass is 376 g/mol. The third kappa shape index (κ3) is 3.17. The average molecular weight is 376 g/mol. The van der Waals surface area contributed by atoms with Crippen molar-refractivity contribution in [3.05, 3.63) is 86.5 Å². The lowest BCUT2D eigenvalue weighted by Crippen LogP contribution is -2.22. The zero-order valence-corrected chi connectivity index (χ0v) is 16.8. The molecule has 28 heavy (non-hydrogen) atoms. The van der Waals surface area contributed by atoms with E-state index < -0.39 is 0 Å². The molecule has 6 heteroatoms. The number of aryl methyl sites for hydroxylation is 3. The van der Waals surface area contributed by atoms with Crippen LogP contribution in [0.3, 0.4) is 0 Å². The number of nitrogens with zero attached hydrogens (tertiary/aromatic N) is 3. The lowest BCUT2D eigenvalue weighted by molar-refractivity contribution is 0.814. The molecule has 3 heterocycles. The van der Waals surface area contributed by atoms with E-state index in [1.807, 2.05) is 52.8 Å². The van der Waals surface area contributed by atoms with Crippen LogP contribution in [0.15, 0.2) is 58.4 Å². The van der Waals surface area contributed by atoms with Crippen LogP contribution in [-0.2, 0) is 0 Å². The Hall–Kier alpha value is -3.41. The highest BCUT2D eigenvalue weighted by Crippen LogP contribution is 2.26. The molecular formula is C22H24N4O2. The molecule has 6 nitrogen and oxygen atoms in total. The summed E-state index contributed by atoms with van der Waals surface area (Å²) >= 11 is 0. The highest BCUT2D eigenvalue weighted by molar-refractivity contribution is 5.88. The molecule has 0 unspecified atom stereocenters. The molecule has 0 aliphatic heterocycles. The number of aromatic amines is 1. The van der Waals surface area contributed by atoms with E-state index in [0.717, 1.165) is 28.0 Å². The van der Waals surface area contributed by atoms with Gasteiger partial charge in [-0.15, -0.1) is 0 Å². The number of nitrogens with one attached hydrogen (secondary N) is 1. The molecule has 4 aromatic rings. The molecule has 0 saturated heterocycles. The Balaban J connectivity index is 0.00000109. The largest absolute Gasteiger partial charge is 0.327 e. The highest BCUT2D eigenvalue weighted by Gasteiger charge is 2.17. The third-order valence-corrected chi connectivity index (χ3v) is 4.67. The summed E-state index contributed by atoms with van der Waals surface area (Å²) in [4.78, 5) is 26.9. The molecule has 1 N–H and O–H groups in total. The van der Waals surface area contributed by atoms with Crippen molar-refractivity contribution in [1.82, 2.24) is 19.3 Å². The van der Waals surface area contributed by atoms with E-state index in [9.17, 15) is 9.59 Å². The smallest absolute Gasteiger partial charge is 0.281 e. The molecular weight excluding hydrogens is 352 g/mol. The minimum Gasteiger partial charge on any atom is -0.327 e. The Morgan fingerprint density at radius 1 is 0.929 bits per heavy atom. The van der Waals surface area contributed by atoms with Crippen molar-refractivity contribution in [3.63, 3.8) is 0 Å². The molecule has 0 atom stereocenters. The Morgan fingerprint density at radius 3 is 2.32 bits per heavy atom. The minimum absolute atomic E-state index is 0.207. The van der Waals surface area contributed by atoms with Crippen molar-refractivity contribution in [2.75, 3.05) is 0 Å². The second-order valence-electron chi connectivity index (χ2n) is 6.41. The fraction of sp³-hybridized carbons (Fsp3) is 0.227. The van der Waals surface area contributed by atoms with Crippen LogP contribution in [0.2, 0.25) is 0 Å². The molecule has 0 fully saturated rings. The van der Waals surface area contributed by atoms with Gasteiger partial charge in [0.25, 0.3) is 5.56 Å². The topological polar surface area (TPSA) is 72.7 Å². The Morgan fingerprint density at radius 2 is 1.68 bits per heavy atom. The van der Waals surface area contributed by atoms with E-state index in [2.05, 4.69) is 20.7 Å². The molecule has 0 bridgehead atoms.